The lowest BCUT2D eigenvalue weighted by Gasteiger charge is -2.30. The Hall–Kier alpha value is -1.89. The Morgan fingerprint density at radius 1 is 1.23 bits per heavy atom. The molecule has 4 rings (SSSR count). The van der Waals surface area contributed by atoms with E-state index >= 15 is 0 Å². The molecule has 2 aliphatic heterocycles. The van der Waals surface area contributed by atoms with E-state index < -0.39 is 0 Å². The Morgan fingerprint density at radius 3 is 2.74 bits per heavy atom. The van der Waals surface area contributed by atoms with E-state index in [4.69, 9.17) is 28.2 Å². The molecule has 1 fully saturated rings. The molecule has 0 unspecified atom stereocenters. The van der Waals surface area contributed by atoms with Crippen LogP contribution in [0.5, 0.6) is 0 Å². The van der Waals surface area contributed by atoms with Crippen molar-refractivity contribution in [2.75, 3.05) is 26.7 Å². The number of benzene rings is 1. The van der Waals surface area contributed by atoms with Gasteiger partial charge in [0.2, 0.25) is 0 Å². The summed E-state index contributed by atoms with van der Waals surface area (Å²) >= 11 is 12.1. The summed E-state index contributed by atoms with van der Waals surface area (Å²) in [6.07, 6.45) is 6.04. The first kappa shape index (κ1) is 22.3. The second kappa shape index (κ2) is 9.72. The van der Waals surface area contributed by atoms with Crippen LogP contribution in [0.3, 0.4) is 0 Å². The molecule has 0 saturated carbocycles. The zero-order valence-electron chi connectivity index (χ0n) is 18.1. The van der Waals surface area contributed by atoms with Crippen molar-refractivity contribution >= 4 is 29.2 Å². The van der Waals surface area contributed by atoms with E-state index in [2.05, 4.69) is 22.2 Å². The molecule has 2 aromatic rings. The van der Waals surface area contributed by atoms with Crippen LogP contribution < -0.4 is 5.32 Å². The molecule has 31 heavy (non-hydrogen) atoms. The highest BCUT2D eigenvalue weighted by Crippen LogP contribution is 2.26. The number of halogens is 2. The third-order valence-corrected chi connectivity index (χ3v) is 7.12. The van der Waals surface area contributed by atoms with Gasteiger partial charge in [0.15, 0.2) is 0 Å². The average Bonchev–Trinajstić information content (AvgIpc) is 2.76. The molecule has 1 aromatic heterocycles. The normalized spacial score (nSPS) is 18.5. The number of rotatable bonds is 4. The highest BCUT2D eigenvalue weighted by Gasteiger charge is 2.25. The molecule has 2 amide bonds. The van der Waals surface area contributed by atoms with Gasteiger partial charge in [0.1, 0.15) is 5.82 Å². The fourth-order valence-electron chi connectivity index (χ4n) is 4.28. The van der Waals surface area contributed by atoms with Crippen LogP contribution in [0.15, 0.2) is 24.4 Å². The maximum Gasteiger partial charge on any atom is 0.318 e. The number of aromatic nitrogens is 2. The van der Waals surface area contributed by atoms with Gasteiger partial charge < -0.3 is 15.1 Å². The molecule has 1 N–H and O–H groups in total. The minimum atomic E-state index is -0.172. The number of hydrogen-bond acceptors (Lipinski definition) is 4. The SMILES string of the molecule is C[C@@H](NC(=O)N1CCc2cnc(CC3CCN(C)CC3)nc2C1)c1ccc(Cl)c(Cl)c1. The van der Waals surface area contributed by atoms with Gasteiger partial charge in [-0.2, -0.15) is 0 Å². The number of carbonyl (C=O) groups is 1. The van der Waals surface area contributed by atoms with Crippen molar-refractivity contribution in [1.82, 2.24) is 25.1 Å². The van der Waals surface area contributed by atoms with Crippen LogP contribution in [0.1, 0.15) is 48.5 Å². The van der Waals surface area contributed by atoms with E-state index in [9.17, 15) is 4.79 Å². The number of urea groups is 1. The molecule has 2 aliphatic rings. The Kier molecular flexibility index (Phi) is 6.99. The Bertz CT molecular complexity index is 946. The summed E-state index contributed by atoms with van der Waals surface area (Å²) in [5.41, 5.74) is 3.04. The van der Waals surface area contributed by atoms with Gasteiger partial charge in [-0.25, -0.2) is 14.8 Å². The molecule has 0 radical (unpaired) electrons. The molecule has 6 nitrogen and oxygen atoms in total. The number of hydrogen-bond donors (Lipinski definition) is 1. The van der Waals surface area contributed by atoms with Gasteiger partial charge in [0, 0.05) is 19.2 Å². The molecule has 0 spiro atoms. The highest BCUT2D eigenvalue weighted by molar-refractivity contribution is 6.42. The van der Waals surface area contributed by atoms with Crippen molar-refractivity contribution in [2.24, 2.45) is 5.92 Å². The van der Waals surface area contributed by atoms with Crippen LogP contribution in [0, 0.1) is 5.92 Å². The van der Waals surface area contributed by atoms with E-state index in [1.165, 1.54) is 12.8 Å². The molecule has 1 saturated heterocycles. The van der Waals surface area contributed by atoms with Crippen LogP contribution >= 0.6 is 23.2 Å². The second-order valence-corrected chi connectivity index (χ2v) is 9.54. The number of fused-ring (bicyclic) bond motifs is 1. The van der Waals surface area contributed by atoms with Crippen LogP contribution in [-0.2, 0) is 19.4 Å². The van der Waals surface area contributed by atoms with E-state index in [-0.39, 0.29) is 12.1 Å². The highest BCUT2D eigenvalue weighted by atomic mass is 35.5. The smallest absolute Gasteiger partial charge is 0.318 e. The summed E-state index contributed by atoms with van der Waals surface area (Å²) in [4.78, 5) is 26.5. The van der Waals surface area contributed by atoms with Crippen molar-refractivity contribution in [3.63, 3.8) is 0 Å². The maximum atomic E-state index is 12.9. The summed E-state index contributed by atoms with van der Waals surface area (Å²) in [5, 5.41) is 4.06. The molecule has 166 valence electrons. The lowest BCUT2D eigenvalue weighted by Crippen LogP contribution is -2.44. The first-order valence-corrected chi connectivity index (χ1v) is 11.7. The Labute approximate surface area is 193 Å². The van der Waals surface area contributed by atoms with Gasteiger partial charge in [0.25, 0.3) is 0 Å². The molecule has 0 aliphatic carbocycles. The van der Waals surface area contributed by atoms with E-state index in [0.29, 0.717) is 29.1 Å². The van der Waals surface area contributed by atoms with Crippen molar-refractivity contribution in [1.29, 1.82) is 0 Å². The average molecular weight is 462 g/mol. The lowest BCUT2D eigenvalue weighted by atomic mass is 9.93. The molecule has 1 atom stereocenters. The number of likely N-dealkylation sites (tertiary alicyclic amines) is 1. The van der Waals surface area contributed by atoms with E-state index in [1.807, 2.05) is 24.1 Å². The number of piperidine rings is 1. The summed E-state index contributed by atoms with van der Waals surface area (Å²) in [6.45, 7) is 5.39. The Morgan fingerprint density at radius 2 is 2.00 bits per heavy atom. The summed E-state index contributed by atoms with van der Waals surface area (Å²) < 4.78 is 0. The predicted molar refractivity (Wildman–Crippen MR) is 123 cm³/mol. The quantitative estimate of drug-likeness (QED) is 0.727. The third kappa shape index (κ3) is 5.48. The fourth-order valence-corrected chi connectivity index (χ4v) is 4.59. The molecule has 0 bridgehead atoms. The van der Waals surface area contributed by atoms with Gasteiger partial charge in [-0.3, -0.25) is 0 Å². The summed E-state index contributed by atoms with van der Waals surface area (Å²) in [6, 6.07) is 5.16. The Balaban J connectivity index is 1.38. The minimum Gasteiger partial charge on any atom is -0.331 e. The van der Waals surface area contributed by atoms with Crippen LogP contribution in [0.4, 0.5) is 4.79 Å². The molecule has 3 heterocycles. The second-order valence-electron chi connectivity index (χ2n) is 8.73. The number of nitrogens with one attached hydrogen (secondary N) is 1. The van der Waals surface area contributed by atoms with Crippen LogP contribution in [0.2, 0.25) is 10.0 Å². The van der Waals surface area contributed by atoms with Gasteiger partial charge in [-0.05, 0) is 75.5 Å². The van der Waals surface area contributed by atoms with Crippen molar-refractivity contribution < 1.29 is 4.79 Å². The zero-order chi connectivity index (χ0) is 22.0. The first-order valence-electron chi connectivity index (χ1n) is 10.9. The minimum absolute atomic E-state index is 0.0975. The topological polar surface area (TPSA) is 61.4 Å². The van der Waals surface area contributed by atoms with Crippen LogP contribution in [-0.4, -0.2) is 52.5 Å². The van der Waals surface area contributed by atoms with Crippen molar-refractivity contribution in [2.45, 2.75) is 45.2 Å². The lowest BCUT2D eigenvalue weighted by molar-refractivity contribution is 0.187. The van der Waals surface area contributed by atoms with E-state index in [0.717, 1.165) is 48.6 Å². The largest absolute Gasteiger partial charge is 0.331 e. The monoisotopic (exact) mass is 461 g/mol. The molecule has 8 heteroatoms. The molecule has 1 aromatic carbocycles. The molecular formula is C23H29Cl2N5O. The van der Waals surface area contributed by atoms with Gasteiger partial charge in [-0.15, -0.1) is 0 Å². The van der Waals surface area contributed by atoms with Gasteiger partial charge >= 0.3 is 6.03 Å². The van der Waals surface area contributed by atoms with Gasteiger partial charge in [0.05, 0.1) is 28.3 Å². The number of nitrogens with zero attached hydrogens (tertiary/aromatic N) is 4. The predicted octanol–water partition coefficient (Wildman–Crippen LogP) is 4.50. The number of amides is 2. The van der Waals surface area contributed by atoms with Crippen molar-refractivity contribution in [3.05, 3.63) is 57.1 Å². The standard InChI is InChI=1S/C23H29Cl2N5O/c1-15(17-3-4-19(24)20(25)12-17)27-23(31)30-10-7-18-13-26-22(28-21(18)14-30)11-16-5-8-29(2)9-6-16/h3-4,12-13,15-16H,5-11,14H2,1-2H3,(H,27,31)/t15-/m1/s1. The number of carbonyl (C=O) groups excluding carboxylic acids is 1. The van der Waals surface area contributed by atoms with E-state index in [1.54, 1.807) is 12.1 Å². The zero-order valence-corrected chi connectivity index (χ0v) is 19.6. The van der Waals surface area contributed by atoms with Crippen molar-refractivity contribution in [3.8, 4) is 0 Å². The molecular weight excluding hydrogens is 433 g/mol. The fraction of sp³-hybridized carbons (Fsp3) is 0.522. The summed E-state index contributed by atoms with van der Waals surface area (Å²) in [5.74, 6) is 1.55. The van der Waals surface area contributed by atoms with Gasteiger partial charge in [-0.1, -0.05) is 29.3 Å². The maximum absolute atomic E-state index is 12.9. The van der Waals surface area contributed by atoms with Crippen LogP contribution in [0.25, 0.3) is 0 Å². The third-order valence-electron chi connectivity index (χ3n) is 6.38. The summed E-state index contributed by atoms with van der Waals surface area (Å²) in [7, 11) is 2.17. The first-order chi connectivity index (χ1) is 14.9.